The average Bonchev–Trinajstić information content (AvgIpc) is 2.72. The van der Waals surface area contributed by atoms with E-state index in [2.05, 4.69) is 4.74 Å². The molecule has 0 radical (unpaired) electrons. The molecule has 1 N–H and O–H groups in total. The van der Waals surface area contributed by atoms with Crippen molar-refractivity contribution in [1.82, 2.24) is 9.80 Å². The molecule has 1 aromatic rings. The molecule has 0 aliphatic carbocycles. The van der Waals surface area contributed by atoms with Crippen LogP contribution in [0.4, 0.5) is 8.78 Å². The van der Waals surface area contributed by atoms with E-state index in [0.717, 1.165) is 31.6 Å². The van der Waals surface area contributed by atoms with Gasteiger partial charge >= 0.3 is 5.97 Å². The Hall–Kier alpha value is -1.57. The first kappa shape index (κ1) is 17.8. The second-order valence-electron chi connectivity index (χ2n) is 5.69. The number of carbonyl (C=O) groups excluding carboxylic acids is 1. The summed E-state index contributed by atoms with van der Waals surface area (Å²) < 4.78 is 31.3. The minimum atomic E-state index is -1.01. The van der Waals surface area contributed by atoms with Gasteiger partial charge in [-0.2, -0.15) is 0 Å². The molecule has 1 heterocycles. The van der Waals surface area contributed by atoms with E-state index < -0.39 is 17.7 Å². The van der Waals surface area contributed by atoms with Gasteiger partial charge in [0.15, 0.2) is 0 Å². The molecule has 0 bridgehead atoms. The fourth-order valence-corrected chi connectivity index (χ4v) is 2.73. The number of methoxy groups -OCH3 is 1. The van der Waals surface area contributed by atoms with Crippen molar-refractivity contribution in [2.75, 3.05) is 46.4 Å². The van der Waals surface area contributed by atoms with E-state index in [0.29, 0.717) is 13.1 Å². The minimum absolute atomic E-state index is 0.0991. The van der Waals surface area contributed by atoms with Crippen molar-refractivity contribution in [1.29, 1.82) is 0 Å². The fraction of sp³-hybridized carbons (Fsp3) is 0.562. The number of hydrogen-bond acceptors (Lipinski definition) is 5. The SMILES string of the molecule is COC(=O)CN1CCCN(CC(O)c2ccc(F)cc2F)CC1. The van der Waals surface area contributed by atoms with E-state index >= 15 is 0 Å². The Kier molecular flexibility index (Phi) is 6.44. The molecule has 1 fully saturated rings. The molecule has 128 valence electrons. The van der Waals surface area contributed by atoms with Crippen molar-refractivity contribution >= 4 is 5.97 Å². The van der Waals surface area contributed by atoms with E-state index in [4.69, 9.17) is 0 Å². The summed E-state index contributed by atoms with van der Waals surface area (Å²) in [4.78, 5) is 15.3. The van der Waals surface area contributed by atoms with Gasteiger partial charge in [0.2, 0.25) is 0 Å². The minimum Gasteiger partial charge on any atom is -0.468 e. The van der Waals surface area contributed by atoms with Crippen molar-refractivity contribution in [3.8, 4) is 0 Å². The largest absolute Gasteiger partial charge is 0.468 e. The van der Waals surface area contributed by atoms with Gasteiger partial charge in [-0.05, 0) is 19.0 Å². The van der Waals surface area contributed by atoms with Crippen molar-refractivity contribution in [2.24, 2.45) is 0 Å². The summed E-state index contributed by atoms with van der Waals surface area (Å²) in [5.41, 5.74) is 0.0991. The van der Waals surface area contributed by atoms with E-state index in [-0.39, 0.29) is 24.6 Å². The number of aliphatic hydroxyl groups is 1. The highest BCUT2D eigenvalue weighted by Gasteiger charge is 2.21. The maximum absolute atomic E-state index is 13.7. The Bertz CT molecular complexity index is 542. The maximum Gasteiger partial charge on any atom is 0.319 e. The van der Waals surface area contributed by atoms with E-state index in [1.54, 1.807) is 0 Å². The lowest BCUT2D eigenvalue weighted by atomic mass is 10.1. The second-order valence-corrected chi connectivity index (χ2v) is 5.69. The van der Waals surface area contributed by atoms with E-state index in [1.807, 2.05) is 9.80 Å². The summed E-state index contributed by atoms with van der Waals surface area (Å²) in [5, 5.41) is 10.2. The van der Waals surface area contributed by atoms with Crippen LogP contribution in [-0.4, -0.2) is 67.3 Å². The molecule has 0 spiro atoms. The van der Waals surface area contributed by atoms with Crippen LogP contribution in [0.1, 0.15) is 18.1 Å². The van der Waals surface area contributed by atoms with Gasteiger partial charge in [-0.3, -0.25) is 14.6 Å². The average molecular weight is 328 g/mol. The van der Waals surface area contributed by atoms with Crippen molar-refractivity contribution in [3.05, 3.63) is 35.4 Å². The molecule has 1 atom stereocenters. The van der Waals surface area contributed by atoms with Crippen molar-refractivity contribution in [3.63, 3.8) is 0 Å². The molecular formula is C16H22F2N2O3. The first-order chi connectivity index (χ1) is 11.0. The zero-order valence-corrected chi connectivity index (χ0v) is 13.2. The highest BCUT2D eigenvalue weighted by molar-refractivity contribution is 5.71. The van der Waals surface area contributed by atoms with Crippen LogP contribution in [0.3, 0.4) is 0 Å². The molecule has 5 nitrogen and oxygen atoms in total. The Labute approximate surface area is 134 Å². The van der Waals surface area contributed by atoms with Gasteiger partial charge in [0.1, 0.15) is 11.6 Å². The molecule has 23 heavy (non-hydrogen) atoms. The molecule has 1 unspecified atom stereocenters. The molecular weight excluding hydrogens is 306 g/mol. The van der Waals surface area contributed by atoms with Gasteiger partial charge in [0.05, 0.1) is 19.8 Å². The summed E-state index contributed by atoms with van der Waals surface area (Å²) in [6, 6.07) is 3.19. The summed E-state index contributed by atoms with van der Waals surface area (Å²) in [5.74, 6) is -1.67. The third kappa shape index (κ3) is 5.23. The number of aliphatic hydroxyl groups excluding tert-OH is 1. The Morgan fingerprint density at radius 2 is 1.96 bits per heavy atom. The second kappa shape index (κ2) is 8.33. The number of halogens is 2. The monoisotopic (exact) mass is 328 g/mol. The van der Waals surface area contributed by atoms with Crippen LogP contribution in [0.2, 0.25) is 0 Å². The lowest BCUT2D eigenvalue weighted by Gasteiger charge is -2.24. The lowest BCUT2D eigenvalue weighted by Crippen LogP contribution is -2.36. The highest BCUT2D eigenvalue weighted by Crippen LogP contribution is 2.19. The van der Waals surface area contributed by atoms with Gasteiger partial charge in [-0.1, -0.05) is 6.07 Å². The number of esters is 1. The molecule has 2 rings (SSSR count). The number of ether oxygens (including phenoxy) is 1. The van der Waals surface area contributed by atoms with E-state index in [1.165, 1.54) is 13.2 Å². The Morgan fingerprint density at radius 1 is 1.26 bits per heavy atom. The molecule has 1 aliphatic rings. The molecule has 0 saturated carbocycles. The van der Waals surface area contributed by atoms with Crippen molar-refractivity contribution < 1.29 is 23.4 Å². The standard InChI is InChI=1S/C16H22F2N2O3/c1-23-16(22)11-20-6-2-5-19(7-8-20)10-15(21)13-4-3-12(17)9-14(13)18/h3-4,9,15,21H,2,5-8,10-11H2,1H3. The van der Waals surface area contributed by atoms with Crippen LogP contribution in [0.15, 0.2) is 18.2 Å². The zero-order valence-electron chi connectivity index (χ0n) is 13.2. The van der Waals surface area contributed by atoms with Crippen LogP contribution < -0.4 is 0 Å². The van der Waals surface area contributed by atoms with Crippen LogP contribution >= 0.6 is 0 Å². The number of nitrogens with zero attached hydrogens (tertiary/aromatic N) is 2. The normalized spacial score (nSPS) is 18.4. The Morgan fingerprint density at radius 3 is 2.65 bits per heavy atom. The third-order valence-corrected chi connectivity index (χ3v) is 4.01. The molecule has 7 heteroatoms. The Balaban J connectivity index is 1.89. The van der Waals surface area contributed by atoms with Crippen LogP contribution in [0.5, 0.6) is 0 Å². The smallest absolute Gasteiger partial charge is 0.319 e. The molecule has 1 aromatic carbocycles. The highest BCUT2D eigenvalue weighted by atomic mass is 19.1. The first-order valence-electron chi connectivity index (χ1n) is 7.64. The molecule has 1 saturated heterocycles. The van der Waals surface area contributed by atoms with Gasteiger partial charge in [0.25, 0.3) is 0 Å². The number of hydrogen-bond donors (Lipinski definition) is 1. The topological polar surface area (TPSA) is 53.0 Å². The van der Waals surface area contributed by atoms with Gasteiger partial charge < -0.3 is 9.84 Å². The molecule has 0 aromatic heterocycles. The maximum atomic E-state index is 13.7. The summed E-state index contributed by atoms with van der Waals surface area (Å²) in [7, 11) is 1.36. The van der Waals surface area contributed by atoms with Crippen molar-refractivity contribution in [2.45, 2.75) is 12.5 Å². The lowest BCUT2D eigenvalue weighted by molar-refractivity contribution is -0.141. The predicted octanol–water partition coefficient (Wildman–Crippen LogP) is 1.18. The summed E-state index contributed by atoms with van der Waals surface area (Å²) >= 11 is 0. The number of carbonyl (C=O) groups is 1. The molecule has 0 amide bonds. The number of rotatable bonds is 5. The van der Waals surface area contributed by atoms with Crippen LogP contribution in [0, 0.1) is 11.6 Å². The number of β-amino-alcohol motifs (C(OH)–C–C–N with tert-alkyl or cyclic N) is 1. The van der Waals surface area contributed by atoms with Gasteiger partial charge in [-0.25, -0.2) is 8.78 Å². The number of benzene rings is 1. The quantitative estimate of drug-likeness (QED) is 0.823. The van der Waals surface area contributed by atoms with Crippen LogP contribution in [-0.2, 0) is 9.53 Å². The van der Waals surface area contributed by atoms with Crippen LogP contribution in [0.25, 0.3) is 0 Å². The molecule has 1 aliphatic heterocycles. The zero-order chi connectivity index (χ0) is 16.8. The predicted molar refractivity (Wildman–Crippen MR) is 80.8 cm³/mol. The summed E-state index contributed by atoms with van der Waals surface area (Å²) in [6.07, 6.45) is -0.168. The fourth-order valence-electron chi connectivity index (χ4n) is 2.73. The van der Waals surface area contributed by atoms with Gasteiger partial charge in [0, 0.05) is 37.8 Å². The first-order valence-corrected chi connectivity index (χ1v) is 7.64. The van der Waals surface area contributed by atoms with E-state index in [9.17, 15) is 18.7 Å². The van der Waals surface area contributed by atoms with Gasteiger partial charge in [-0.15, -0.1) is 0 Å². The summed E-state index contributed by atoms with van der Waals surface area (Å²) in [6.45, 7) is 3.38. The third-order valence-electron chi connectivity index (χ3n) is 4.01.